The van der Waals surface area contributed by atoms with Gasteiger partial charge in [0.05, 0.1) is 12.9 Å². The number of rotatable bonds is 10. The summed E-state index contributed by atoms with van der Waals surface area (Å²) in [7, 11) is 0. The van der Waals surface area contributed by atoms with E-state index in [0.29, 0.717) is 0 Å². The SMILES string of the molecule is BrCCCCCCCCCOC1CCC=CO1. The molecule has 0 saturated carbocycles. The molecule has 0 bridgehead atoms. The van der Waals surface area contributed by atoms with E-state index in [1.54, 1.807) is 6.26 Å². The zero-order valence-electron chi connectivity index (χ0n) is 10.7. The van der Waals surface area contributed by atoms with Crippen LogP contribution in [0.3, 0.4) is 0 Å². The van der Waals surface area contributed by atoms with E-state index in [4.69, 9.17) is 9.47 Å². The Labute approximate surface area is 114 Å². The monoisotopic (exact) mass is 304 g/mol. The van der Waals surface area contributed by atoms with Gasteiger partial charge in [-0.2, -0.15) is 0 Å². The van der Waals surface area contributed by atoms with E-state index in [2.05, 4.69) is 15.9 Å². The Morgan fingerprint density at radius 1 is 1.06 bits per heavy atom. The zero-order valence-corrected chi connectivity index (χ0v) is 12.3. The first-order valence-electron chi connectivity index (χ1n) is 6.91. The zero-order chi connectivity index (χ0) is 12.2. The van der Waals surface area contributed by atoms with Crippen molar-refractivity contribution in [1.82, 2.24) is 0 Å². The fraction of sp³-hybridized carbons (Fsp3) is 0.857. The summed E-state index contributed by atoms with van der Waals surface area (Å²) in [5.74, 6) is 0. The maximum Gasteiger partial charge on any atom is 0.199 e. The molecule has 0 amide bonds. The molecule has 0 N–H and O–H groups in total. The van der Waals surface area contributed by atoms with Crippen LogP contribution in [-0.4, -0.2) is 18.2 Å². The van der Waals surface area contributed by atoms with E-state index < -0.39 is 0 Å². The lowest BCUT2D eigenvalue weighted by Gasteiger charge is -2.19. The van der Waals surface area contributed by atoms with E-state index in [-0.39, 0.29) is 6.29 Å². The van der Waals surface area contributed by atoms with Gasteiger partial charge in [-0.1, -0.05) is 48.0 Å². The molecule has 0 aromatic heterocycles. The van der Waals surface area contributed by atoms with Gasteiger partial charge in [0.15, 0.2) is 6.29 Å². The van der Waals surface area contributed by atoms with Gasteiger partial charge in [-0.3, -0.25) is 0 Å². The fourth-order valence-electron chi connectivity index (χ4n) is 1.93. The van der Waals surface area contributed by atoms with Crippen molar-refractivity contribution in [2.75, 3.05) is 11.9 Å². The lowest BCUT2D eigenvalue weighted by atomic mass is 10.1. The van der Waals surface area contributed by atoms with Crippen LogP contribution in [-0.2, 0) is 9.47 Å². The number of alkyl halides is 1. The number of halogens is 1. The summed E-state index contributed by atoms with van der Waals surface area (Å²) in [6, 6.07) is 0. The second-order valence-corrected chi connectivity index (χ2v) is 5.34. The molecule has 100 valence electrons. The van der Waals surface area contributed by atoms with E-state index in [1.807, 2.05) is 6.08 Å². The highest BCUT2D eigenvalue weighted by molar-refractivity contribution is 9.09. The van der Waals surface area contributed by atoms with Crippen molar-refractivity contribution in [3.8, 4) is 0 Å². The van der Waals surface area contributed by atoms with Crippen LogP contribution in [0.1, 0.15) is 57.8 Å². The highest BCUT2D eigenvalue weighted by Gasteiger charge is 2.09. The molecule has 0 aromatic carbocycles. The van der Waals surface area contributed by atoms with Crippen LogP contribution in [0.4, 0.5) is 0 Å². The predicted octanol–water partition coefficient (Wildman–Crippen LogP) is 4.78. The summed E-state index contributed by atoms with van der Waals surface area (Å²) < 4.78 is 11.0. The van der Waals surface area contributed by atoms with E-state index in [9.17, 15) is 0 Å². The van der Waals surface area contributed by atoms with Gasteiger partial charge in [0.1, 0.15) is 0 Å². The van der Waals surface area contributed by atoms with Gasteiger partial charge in [0.2, 0.25) is 0 Å². The number of hydrogen-bond donors (Lipinski definition) is 0. The number of allylic oxidation sites excluding steroid dienone is 1. The predicted molar refractivity (Wildman–Crippen MR) is 75.3 cm³/mol. The minimum absolute atomic E-state index is 0.0129. The molecule has 1 unspecified atom stereocenters. The van der Waals surface area contributed by atoms with Gasteiger partial charge in [0, 0.05) is 11.8 Å². The first kappa shape index (κ1) is 15.0. The molecule has 1 aliphatic heterocycles. The Morgan fingerprint density at radius 2 is 1.76 bits per heavy atom. The normalized spacial score (nSPS) is 19.2. The maximum absolute atomic E-state index is 5.65. The van der Waals surface area contributed by atoms with Gasteiger partial charge in [-0.15, -0.1) is 0 Å². The number of hydrogen-bond acceptors (Lipinski definition) is 2. The van der Waals surface area contributed by atoms with Gasteiger partial charge < -0.3 is 9.47 Å². The summed E-state index contributed by atoms with van der Waals surface area (Å²) in [5.41, 5.74) is 0. The van der Waals surface area contributed by atoms with Crippen molar-refractivity contribution in [3.05, 3.63) is 12.3 Å². The van der Waals surface area contributed by atoms with Crippen molar-refractivity contribution in [1.29, 1.82) is 0 Å². The molecule has 0 fully saturated rings. The highest BCUT2D eigenvalue weighted by atomic mass is 79.9. The second-order valence-electron chi connectivity index (χ2n) is 4.55. The summed E-state index contributed by atoms with van der Waals surface area (Å²) in [6.45, 7) is 0.847. The number of ether oxygens (including phenoxy) is 2. The first-order valence-corrected chi connectivity index (χ1v) is 8.03. The van der Waals surface area contributed by atoms with Crippen LogP contribution in [0.2, 0.25) is 0 Å². The smallest absolute Gasteiger partial charge is 0.199 e. The van der Waals surface area contributed by atoms with Crippen molar-refractivity contribution in [2.24, 2.45) is 0 Å². The standard InChI is InChI=1S/C14H25BrO2/c15-11-7-4-2-1-3-5-8-12-16-14-10-6-9-13-17-14/h9,13-14H,1-8,10-12H2. The van der Waals surface area contributed by atoms with Crippen LogP contribution in [0.25, 0.3) is 0 Å². The highest BCUT2D eigenvalue weighted by Crippen LogP contribution is 2.13. The molecule has 17 heavy (non-hydrogen) atoms. The molecule has 1 rings (SSSR count). The lowest BCUT2D eigenvalue weighted by Crippen LogP contribution is -2.17. The third-order valence-corrected chi connectivity index (χ3v) is 3.54. The molecular formula is C14H25BrO2. The molecule has 1 aliphatic rings. The van der Waals surface area contributed by atoms with Gasteiger partial charge >= 0.3 is 0 Å². The van der Waals surface area contributed by atoms with E-state index in [1.165, 1.54) is 44.9 Å². The van der Waals surface area contributed by atoms with Crippen molar-refractivity contribution < 1.29 is 9.47 Å². The Bertz CT molecular complexity index is 195. The van der Waals surface area contributed by atoms with E-state index >= 15 is 0 Å². The minimum Gasteiger partial charge on any atom is -0.473 e. The van der Waals surface area contributed by atoms with Crippen LogP contribution >= 0.6 is 15.9 Å². The van der Waals surface area contributed by atoms with Crippen LogP contribution in [0.15, 0.2) is 12.3 Å². The molecule has 3 heteroatoms. The van der Waals surface area contributed by atoms with Gasteiger partial charge in [-0.05, 0) is 25.3 Å². The van der Waals surface area contributed by atoms with Crippen LogP contribution in [0.5, 0.6) is 0 Å². The molecule has 1 atom stereocenters. The third kappa shape index (κ3) is 8.67. The molecular weight excluding hydrogens is 280 g/mol. The Hall–Kier alpha value is -0.0200. The van der Waals surface area contributed by atoms with Gasteiger partial charge in [0.25, 0.3) is 0 Å². The molecule has 0 spiro atoms. The molecule has 0 radical (unpaired) electrons. The molecule has 0 saturated heterocycles. The molecule has 1 heterocycles. The summed E-state index contributed by atoms with van der Waals surface area (Å²) in [4.78, 5) is 0. The largest absolute Gasteiger partial charge is 0.473 e. The summed E-state index contributed by atoms with van der Waals surface area (Å²) >= 11 is 3.46. The van der Waals surface area contributed by atoms with Crippen LogP contribution < -0.4 is 0 Å². The summed E-state index contributed by atoms with van der Waals surface area (Å²) in [5, 5.41) is 1.15. The maximum atomic E-state index is 5.65. The minimum atomic E-state index is 0.0129. The fourth-order valence-corrected chi connectivity index (χ4v) is 2.33. The second kappa shape index (κ2) is 11.1. The molecule has 0 aliphatic carbocycles. The summed E-state index contributed by atoms with van der Waals surface area (Å²) in [6.07, 6.45) is 15.1. The topological polar surface area (TPSA) is 18.5 Å². The average Bonchev–Trinajstić information content (AvgIpc) is 2.38. The molecule has 0 aromatic rings. The average molecular weight is 305 g/mol. The first-order chi connectivity index (χ1) is 8.43. The number of unbranched alkanes of at least 4 members (excludes halogenated alkanes) is 6. The molecule has 2 nitrogen and oxygen atoms in total. The Morgan fingerprint density at radius 3 is 2.41 bits per heavy atom. The van der Waals surface area contributed by atoms with Crippen molar-refractivity contribution >= 4 is 15.9 Å². The van der Waals surface area contributed by atoms with Gasteiger partial charge in [-0.25, -0.2) is 0 Å². The van der Waals surface area contributed by atoms with Crippen LogP contribution in [0, 0.1) is 0 Å². The van der Waals surface area contributed by atoms with E-state index in [0.717, 1.165) is 24.8 Å². The van der Waals surface area contributed by atoms with Crippen molar-refractivity contribution in [2.45, 2.75) is 64.1 Å². The Balaban J connectivity index is 1.76. The Kier molecular flexibility index (Phi) is 9.81. The lowest BCUT2D eigenvalue weighted by molar-refractivity contribution is -0.115. The quantitative estimate of drug-likeness (QED) is 0.427. The van der Waals surface area contributed by atoms with Crippen molar-refractivity contribution in [3.63, 3.8) is 0 Å². The third-order valence-electron chi connectivity index (χ3n) is 2.98.